The molecule has 3 nitrogen and oxygen atoms in total. The van der Waals surface area contributed by atoms with Gasteiger partial charge in [0.2, 0.25) is 5.91 Å². The molecule has 0 aliphatic heterocycles. The van der Waals surface area contributed by atoms with Gasteiger partial charge in [0, 0.05) is 23.4 Å². The molecule has 1 amide bonds. The van der Waals surface area contributed by atoms with Gasteiger partial charge >= 0.3 is 0 Å². The number of fused-ring (bicyclic) bond motifs is 2. The molecule has 4 heteroatoms. The molecule has 1 spiro atoms. The third-order valence-corrected chi connectivity index (χ3v) is 5.52. The first-order valence-electron chi connectivity index (χ1n) is 8.51. The van der Waals surface area contributed by atoms with E-state index in [9.17, 15) is 4.79 Å². The molecule has 3 rings (SSSR count). The molecule has 0 bridgehead atoms. The van der Waals surface area contributed by atoms with Crippen LogP contribution in [0, 0.1) is 11.8 Å². The number of aryl methyl sites for hydroxylation is 1. The van der Waals surface area contributed by atoms with E-state index in [1.54, 1.807) is 0 Å². The minimum Gasteiger partial charge on any atom is -0.349 e. The molecule has 3 unspecified atom stereocenters. The van der Waals surface area contributed by atoms with Gasteiger partial charge in [-0.3, -0.25) is 4.79 Å². The Morgan fingerprint density at radius 2 is 2.13 bits per heavy atom. The number of halogens is 1. The highest BCUT2D eigenvalue weighted by atomic mass is 35.5. The lowest BCUT2D eigenvalue weighted by atomic mass is 9.89. The Morgan fingerprint density at radius 1 is 1.43 bits per heavy atom. The maximum atomic E-state index is 12.8. The van der Waals surface area contributed by atoms with Crippen molar-refractivity contribution in [2.24, 2.45) is 17.6 Å². The average Bonchev–Trinajstić information content (AvgIpc) is 3.09. The van der Waals surface area contributed by atoms with Crippen LogP contribution in [-0.4, -0.2) is 18.0 Å². The van der Waals surface area contributed by atoms with Crippen molar-refractivity contribution in [2.45, 2.75) is 57.4 Å². The molecule has 0 saturated heterocycles. The quantitative estimate of drug-likeness (QED) is 0.867. The lowest BCUT2D eigenvalue weighted by Gasteiger charge is -2.31. The van der Waals surface area contributed by atoms with Crippen LogP contribution < -0.4 is 11.1 Å². The molecular formula is C19H29ClN2O. The minimum absolute atomic E-state index is 0. The highest BCUT2D eigenvalue weighted by Crippen LogP contribution is 2.61. The van der Waals surface area contributed by atoms with E-state index in [4.69, 9.17) is 5.73 Å². The highest BCUT2D eigenvalue weighted by molar-refractivity contribution is 5.86. The summed E-state index contributed by atoms with van der Waals surface area (Å²) in [6.07, 6.45) is 4.15. The predicted octanol–water partition coefficient (Wildman–Crippen LogP) is 3.19. The Balaban J connectivity index is 0.00000192. The summed E-state index contributed by atoms with van der Waals surface area (Å²) in [7, 11) is 0. The van der Waals surface area contributed by atoms with Gasteiger partial charge in [-0.05, 0) is 49.7 Å². The van der Waals surface area contributed by atoms with E-state index >= 15 is 0 Å². The smallest absolute Gasteiger partial charge is 0.224 e. The van der Waals surface area contributed by atoms with Gasteiger partial charge in [0.05, 0.1) is 0 Å². The van der Waals surface area contributed by atoms with Crippen LogP contribution in [0.3, 0.4) is 0 Å². The first kappa shape index (κ1) is 18.3. The second kappa shape index (κ2) is 6.45. The van der Waals surface area contributed by atoms with Crippen molar-refractivity contribution in [1.29, 1.82) is 0 Å². The first-order chi connectivity index (χ1) is 10.4. The van der Waals surface area contributed by atoms with Gasteiger partial charge in [-0.1, -0.05) is 38.1 Å². The van der Waals surface area contributed by atoms with Crippen LogP contribution >= 0.6 is 12.4 Å². The number of amides is 1. The van der Waals surface area contributed by atoms with Crippen molar-refractivity contribution in [3.63, 3.8) is 0 Å². The van der Waals surface area contributed by atoms with E-state index in [1.165, 1.54) is 11.1 Å². The number of hydrogen-bond acceptors (Lipinski definition) is 2. The Bertz CT molecular complexity index is 588. The monoisotopic (exact) mass is 336 g/mol. The normalized spacial score (nSPS) is 27.3. The SMILES string of the molecule is CC(C)CC(C)(CN)NC(=O)C1CC12CCc1ccccc12.Cl. The third kappa shape index (κ3) is 3.27. The molecule has 23 heavy (non-hydrogen) atoms. The van der Waals surface area contributed by atoms with Crippen molar-refractivity contribution in [3.05, 3.63) is 35.4 Å². The maximum Gasteiger partial charge on any atom is 0.224 e. The second-order valence-electron chi connectivity index (χ2n) is 7.92. The zero-order valence-electron chi connectivity index (χ0n) is 14.4. The fourth-order valence-corrected chi connectivity index (χ4v) is 4.41. The largest absolute Gasteiger partial charge is 0.349 e. The van der Waals surface area contributed by atoms with E-state index in [0.29, 0.717) is 12.5 Å². The standard InChI is InChI=1S/C19H28N2O.ClH/c1-13(2)10-18(3,12-20)21-17(22)16-11-19(16)9-8-14-6-4-5-7-15(14)19;/h4-7,13,16H,8-12,20H2,1-3H3,(H,21,22);1H. The summed E-state index contributed by atoms with van der Waals surface area (Å²) in [5.41, 5.74) is 8.61. The number of nitrogens with one attached hydrogen (secondary N) is 1. The van der Waals surface area contributed by atoms with Crippen molar-refractivity contribution < 1.29 is 4.79 Å². The third-order valence-electron chi connectivity index (χ3n) is 5.52. The molecule has 3 N–H and O–H groups in total. The van der Waals surface area contributed by atoms with Gasteiger partial charge in [0.15, 0.2) is 0 Å². The van der Waals surface area contributed by atoms with Crippen LogP contribution in [0.15, 0.2) is 24.3 Å². The van der Waals surface area contributed by atoms with Gasteiger partial charge in [-0.25, -0.2) is 0 Å². The molecule has 3 atom stereocenters. The minimum atomic E-state index is -0.285. The molecule has 128 valence electrons. The van der Waals surface area contributed by atoms with Crippen molar-refractivity contribution in [3.8, 4) is 0 Å². The van der Waals surface area contributed by atoms with Crippen LogP contribution in [0.2, 0.25) is 0 Å². The molecule has 0 radical (unpaired) electrons. The van der Waals surface area contributed by atoms with Crippen molar-refractivity contribution >= 4 is 18.3 Å². The number of rotatable bonds is 5. The van der Waals surface area contributed by atoms with E-state index in [-0.39, 0.29) is 35.2 Å². The molecule has 2 aliphatic carbocycles. The molecule has 1 fully saturated rings. The van der Waals surface area contributed by atoms with Gasteiger partial charge in [-0.2, -0.15) is 0 Å². The van der Waals surface area contributed by atoms with Gasteiger partial charge in [0.1, 0.15) is 0 Å². The summed E-state index contributed by atoms with van der Waals surface area (Å²) in [6.45, 7) is 6.91. The van der Waals surface area contributed by atoms with Crippen LogP contribution in [0.1, 0.15) is 51.2 Å². The number of hydrogen-bond donors (Lipinski definition) is 2. The van der Waals surface area contributed by atoms with Gasteiger partial charge < -0.3 is 11.1 Å². The number of nitrogens with two attached hydrogens (primary N) is 1. The zero-order valence-corrected chi connectivity index (χ0v) is 15.2. The maximum absolute atomic E-state index is 12.8. The summed E-state index contributed by atoms with van der Waals surface area (Å²) in [6, 6.07) is 8.62. The van der Waals surface area contributed by atoms with E-state index < -0.39 is 0 Å². The Kier molecular flexibility index (Phi) is 5.12. The molecule has 2 aliphatic rings. The molecule has 0 heterocycles. The van der Waals surface area contributed by atoms with Crippen LogP contribution in [0.4, 0.5) is 0 Å². The Hall–Kier alpha value is -1.06. The van der Waals surface area contributed by atoms with Gasteiger partial charge in [-0.15, -0.1) is 12.4 Å². The van der Waals surface area contributed by atoms with Crippen LogP contribution in [0.25, 0.3) is 0 Å². The molecule has 1 aromatic rings. The summed E-state index contributed by atoms with van der Waals surface area (Å²) < 4.78 is 0. The summed E-state index contributed by atoms with van der Waals surface area (Å²) in [5.74, 6) is 0.855. The fraction of sp³-hybridized carbons (Fsp3) is 0.632. The molecule has 1 saturated carbocycles. The first-order valence-corrected chi connectivity index (χ1v) is 8.51. The lowest BCUT2D eigenvalue weighted by Crippen LogP contribution is -2.53. The predicted molar refractivity (Wildman–Crippen MR) is 96.9 cm³/mol. The number of benzene rings is 1. The number of carbonyl (C=O) groups is 1. The van der Waals surface area contributed by atoms with Crippen molar-refractivity contribution in [1.82, 2.24) is 5.32 Å². The lowest BCUT2D eigenvalue weighted by molar-refractivity contribution is -0.124. The Labute approximate surface area is 145 Å². The second-order valence-corrected chi connectivity index (χ2v) is 7.92. The van der Waals surface area contributed by atoms with E-state index in [2.05, 4.69) is 50.4 Å². The summed E-state index contributed by atoms with van der Waals surface area (Å²) >= 11 is 0. The molecular weight excluding hydrogens is 308 g/mol. The van der Waals surface area contributed by atoms with Gasteiger partial charge in [0.25, 0.3) is 0 Å². The molecule has 0 aromatic heterocycles. The van der Waals surface area contributed by atoms with E-state index in [1.807, 2.05) is 0 Å². The molecule has 1 aromatic carbocycles. The summed E-state index contributed by atoms with van der Waals surface area (Å²) in [5, 5.41) is 3.25. The number of carbonyl (C=O) groups excluding carboxylic acids is 1. The average molecular weight is 337 g/mol. The fourth-order valence-electron chi connectivity index (χ4n) is 4.41. The highest BCUT2D eigenvalue weighted by Gasteiger charge is 2.61. The van der Waals surface area contributed by atoms with Crippen LogP contribution in [0.5, 0.6) is 0 Å². The van der Waals surface area contributed by atoms with E-state index in [0.717, 1.165) is 25.7 Å². The Morgan fingerprint density at radius 3 is 2.78 bits per heavy atom. The topological polar surface area (TPSA) is 55.1 Å². The zero-order chi connectivity index (χ0) is 16.0. The summed E-state index contributed by atoms with van der Waals surface area (Å²) in [4.78, 5) is 12.8. The van der Waals surface area contributed by atoms with Crippen LogP contribution in [-0.2, 0) is 16.6 Å². The van der Waals surface area contributed by atoms with Crippen molar-refractivity contribution in [2.75, 3.05) is 6.54 Å².